The van der Waals surface area contributed by atoms with E-state index in [0.717, 1.165) is 0 Å². The van der Waals surface area contributed by atoms with Gasteiger partial charge in [0.1, 0.15) is 11.0 Å². The maximum absolute atomic E-state index is 12.3. The third-order valence-corrected chi connectivity index (χ3v) is 4.51. The van der Waals surface area contributed by atoms with Gasteiger partial charge in [-0.1, -0.05) is 24.3 Å². The molecule has 0 saturated heterocycles. The monoisotopic (exact) mass is 426 g/mol. The van der Waals surface area contributed by atoms with Crippen LogP contribution in [0.5, 0.6) is 0 Å². The van der Waals surface area contributed by atoms with Crippen molar-refractivity contribution in [2.24, 2.45) is 0 Å². The van der Waals surface area contributed by atoms with Gasteiger partial charge in [-0.3, -0.25) is 4.85 Å². The molecule has 0 saturated carbocycles. The third-order valence-electron chi connectivity index (χ3n) is 4.51. The first-order chi connectivity index (χ1) is 15.7. The van der Waals surface area contributed by atoms with E-state index in [4.69, 9.17) is 20.1 Å². The number of esters is 1. The summed E-state index contributed by atoms with van der Waals surface area (Å²) in [5.74, 6) is -0.564. The first kappa shape index (κ1) is 19.3. The largest absolute Gasteiger partial charge is 0.460 e. The predicted molar refractivity (Wildman–Crippen MR) is 112 cm³/mol. The van der Waals surface area contributed by atoms with E-state index in [1.54, 1.807) is 31.2 Å². The molecule has 10 heteroatoms. The number of oxazole rings is 2. The zero-order valence-electron chi connectivity index (χ0n) is 16.7. The minimum absolute atomic E-state index is 0.0430. The van der Waals surface area contributed by atoms with Gasteiger partial charge < -0.3 is 13.6 Å². The van der Waals surface area contributed by atoms with E-state index in [1.807, 2.05) is 24.3 Å². The van der Waals surface area contributed by atoms with Gasteiger partial charge in [-0.15, -0.1) is 0 Å². The summed E-state index contributed by atoms with van der Waals surface area (Å²) in [5.41, 5.74) is 2.31. The highest BCUT2D eigenvalue weighted by molar-refractivity contribution is 5.79. The fraction of sp³-hybridized carbons (Fsp3) is 0.136. The van der Waals surface area contributed by atoms with Crippen LogP contribution < -0.4 is 0 Å². The first-order valence-electron chi connectivity index (χ1n) is 9.67. The first-order valence-corrected chi connectivity index (χ1v) is 9.67. The van der Waals surface area contributed by atoms with Crippen molar-refractivity contribution in [1.82, 2.24) is 24.9 Å². The van der Waals surface area contributed by atoms with Gasteiger partial charge in [0.05, 0.1) is 6.61 Å². The summed E-state index contributed by atoms with van der Waals surface area (Å²) < 4.78 is 16.5. The molecule has 0 spiro atoms. The van der Waals surface area contributed by atoms with E-state index in [2.05, 4.69) is 29.8 Å². The Morgan fingerprint density at radius 1 is 0.906 bits per heavy atom. The molecular formula is C22H14N6O4. The molecular weight excluding hydrogens is 412 g/mol. The van der Waals surface area contributed by atoms with Crippen molar-refractivity contribution in [3.05, 3.63) is 65.8 Å². The molecule has 5 aromatic rings. The molecule has 3 aromatic heterocycles. The van der Waals surface area contributed by atoms with E-state index in [0.29, 0.717) is 22.2 Å². The molecule has 0 aliphatic carbocycles. The van der Waals surface area contributed by atoms with Crippen LogP contribution in [-0.2, 0) is 9.53 Å². The lowest BCUT2D eigenvalue weighted by Gasteiger charge is -2.06. The summed E-state index contributed by atoms with van der Waals surface area (Å²) in [6, 6.07) is 13.0. The van der Waals surface area contributed by atoms with E-state index in [9.17, 15) is 4.79 Å². The molecule has 0 aliphatic heterocycles. The highest BCUT2D eigenvalue weighted by Crippen LogP contribution is 2.27. The van der Waals surface area contributed by atoms with Crippen LogP contribution in [0.4, 0.5) is 0 Å². The second-order valence-corrected chi connectivity index (χ2v) is 6.60. The molecule has 5 rings (SSSR count). The topological polar surface area (TPSA) is 121 Å². The number of rotatable bonds is 5. The van der Waals surface area contributed by atoms with Crippen molar-refractivity contribution < 1.29 is 18.4 Å². The maximum Gasteiger partial charge on any atom is 0.398 e. The Balaban J connectivity index is 1.69. The fourth-order valence-corrected chi connectivity index (χ4v) is 3.08. The number of carbonyl (C=O) groups is 1. The second kappa shape index (κ2) is 7.88. The number of hydrogen-bond acceptors (Lipinski definition) is 9. The SMILES string of the molecule is [C-]#[N+]C(C(=O)OCC)c1nc(-c2nc3ccccc3o2)nc(-c2nc3ccccc3o2)n1. The molecule has 0 radical (unpaired) electrons. The number of aromatic nitrogens is 5. The van der Waals surface area contributed by atoms with Gasteiger partial charge >= 0.3 is 12.0 Å². The molecule has 1 atom stereocenters. The Bertz CT molecular complexity index is 1340. The Kier molecular flexibility index (Phi) is 4.76. The van der Waals surface area contributed by atoms with Crippen LogP contribution in [0.25, 0.3) is 50.5 Å². The molecule has 32 heavy (non-hydrogen) atoms. The molecule has 10 nitrogen and oxygen atoms in total. The predicted octanol–water partition coefficient (Wildman–Crippen LogP) is 4.01. The van der Waals surface area contributed by atoms with Crippen LogP contribution in [0.1, 0.15) is 18.8 Å². The summed E-state index contributed by atoms with van der Waals surface area (Å²) in [6.45, 7) is 9.25. The van der Waals surface area contributed by atoms with Gasteiger partial charge in [-0.05, 0) is 31.2 Å². The van der Waals surface area contributed by atoms with Crippen molar-refractivity contribution in [3.8, 4) is 23.4 Å². The molecule has 0 bridgehead atoms. The van der Waals surface area contributed by atoms with Crippen LogP contribution in [-0.4, -0.2) is 37.5 Å². The lowest BCUT2D eigenvalue weighted by atomic mass is 10.3. The van der Waals surface area contributed by atoms with Crippen LogP contribution in [0.15, 0.2) is 57.4 Å². The van der Waals surface area contributed by atoms with Crippen LogP contribution in [0, 0.1) is 6.57 Å². The highest BCUT2D eigenvalue weighted by Gasteiger charge is 2.33. The van der Waals surface area contributed by atoms with Crippen molar-refractivity contribution in [2.75, 3.05) is 6.61 Å². The Labute approximate surface area is 180 Å². The van der Waals surface area contributed by atoms with E-state index in [1.165, 1.54) is 0 Å². The minimum atomic E-state index is -1.38. The zero-order chi connectivity index (χ0) is 22.1. The van der Waals surface area contributed by atoms with Gasteiger partial charge in [0.15, 0.2) is 11.2 Å². The standard InChI is InChI=1S/C22H14N6O4/c1-3-30-22(29)16(23-2)17-26-18(20-24-12-8-4-6-10-14(12)31-20)28-19(27-17)21-25-13-9-5-7-11-15(13)32-21/h4-11,16H,3H2,1H3. The van der Waals surface area contributed by atoms with Gasteiger partial charge in [0.2, 0.25) is 17.5 Å². The van der Waals surface area contributed by atoms with Crippen molar-refractivity contribution in [1.29, 1.82) is 0 Å². The number of carbonyl (C=O) groups excluding carboxylic acids is 1. The van der Waals surface area contributed by atoms with Gasteiger partial charge in [-0.2, -0.15) is 15.0 Å². The normalized spacial score (nSPS) is 12.0. The number of nitrogens with zero attached hydrogens (tertiary/aromatic N) is 6. The van der Waals surface area contributed by atoms with Gasteiger partial charge in [0.25, 0.3) is 11.8 Å². The summed E-state index contributed by atoms with van der Waals surface area (Å²) >= 11 is 0. The van der Waals surface area contributed by atoms with Crippen LogP contribution in [0.2, 0.25) is 0 Å². The van der Waals surface area contributed by atoms with Crippen molar-refractivity contribution in [2.45, 2.75) is 13.0 Å². The van der Waals surface area contributed by atoms with Crippen molar-refractivity contribution >= 4 is 28.2 Å². The Morgan fingerprint density at radius 2 is 1.44 bits per heavy atom. The number of hydrogen-bond donors (Lipinski definition) is 0. The second-order valence-electron chi connectivity index (χ2n) is 6.60. The molecule has 156 valence electrons. The lowest BCUT2D eigenvalue weighted by Crippen LogP contribution is -2.17. The summed E-state index contributed by atoms with van der Waals surface area (Å²) in [4.78, 5) is 37.5. The summed E-state index contributed by atoms with van der Waals surface area (Å²) in [6.07, 6.45) is 0. The van der Waals surface area contributed by atoms with Crippen molar-refractivity contribution in [3.63, 3.8) is 0 Å². The summed E-state index contributed by atoms with van der Waals surface area (Å²) in [5, 5.41) is 0. The number of ether oxygens (including phenoxy) is 1. The number of benzene rings is 2. The van der Waals surface area contributed by atoms with Gasteiger partial charge in [-0.25, -0.2) is 21.3 Å². The minimum Gasteiger partial charge on any atom is -0.460 e. The molecule has 0 N–H and O–H groups in total. The molecule has 1 unspecified atom stereocenters. The zero-order valence-corrected chi connectivity index (χ0v) is 16.7. The van der Waals surface area contributed by atoms with E-state index < -0.39 is 12.0 Å². The molecule has 0 aliphatic rings. The average Bonchev–Trinajstić information content (AvgIpc) is 3.44. The summed E-state index contributed by atoms with van der Waals surface area (Å²) in [7, 11) is 0. The van der Waals surface area contributed by atoms with Crippen LogP contribution >= 0.6 is 0 Å². The third kappa shape index (κ3) is 3.41. The number of para-hydroxylation sites is 4. The van der Waals surface area contributed by atoms with Gasteiger partial charge in [0, 0.05) is 0 Å². The Morgan fingerprint density at radius 3 is 1.91 bits per heavy atom. The number of fused-ring (bicyclic) bond motifs is 2. The Hall–Kier alpha value is -4.65. The molecule has 3 heterocycles. The highest BCUT2D eigenvalue weighted by atomic mass is 16.5. The molecule has 0 fully saturated rings. The smallest absolute Gasteiger partial charge is 0.398 e. The fourth-order valence-electron chi connectivity index (χ4n) is 3.08. The maximum atomic E-state index is 12.3. The van der Waals surface area contributed by atoms with E-state index >= 15 is 0 Å². The quantitative estimate of drug-likeness (QED) is 0.303. The molecule has 2 aromatic carbocycles. The molecule has 0 amide bonds. The average molecular weight is 426 g/mol. The van der Waals surface area contributed by atoms with E-state index in [-0.39, 0.29) is 35.9 Å². The lowest BCUT2D eigenvalue weighted by molar-refractivity contribution is -0.143. The van der Waals surface area contributed by atoms with Crippen LogP contribution in [0.3, 0.4) is 0 Å².